The predicted octanol–water partition coefficient (Wildman–Crippen LogP) is 0.248. The van der Waals surface area contributed by atoms with Crippen LogP contribution in [-0.2, 0) is 14.3 Å². The monoisotopic (exact) mass is 285 g/mol. The Kier molecular flexibility index (Phi) is 5.50. The molecule has 1 rings (SSSR count). The van der Waals surface area contributed by atoms with Crippen LogP contribution in [0.15, 0.2) is 0 Å². The van der Waals surface area contributed by atoms with Crippen molar-refractivity contribution >= 4 is 17.9 Å². The molecule has 1 saturated heterocycles. The smallest absolute Gasteiger partial charge is 0.407 e. The Hall–Kier alpha value is -1.63. The lowest BCUT2D eigenvalue weighted by Crippen LogP contribution is -2.52. The van der Waals surface area contributed by atoms with Crippen LogP contribution in [0.25, 0.3) is 0 Å². The number of carbonyl (C=O) groups is 3. The van der Waals surface area contributed by atoms with E-state index >= 15 is 0 Å². The third-order valence-corrected chi connectivity index (χ3v) is 2.83. The van der Waals surface area contributed by atoms with Gasteiger partial charge in [-0.1, -0.05) is 0 Å². The van der Waals surface area contributed by atoms with Crippen molar-refractivity contribution in [3.63, 3.8) is 0 Å². The van der Waals surface area contributed by atoms with Gasteiger partial charge in [-0.05, 0) is 27.2 Å². The summed E-state index contributed by atoms with van der Waals surface area (Å²) in [5.41, 5.74) is -0.528. The predicted molar refractivity (Wildman–Crippen MR) is 73.0 cm³/mol. The van der Waals surface area contributed by atoms with E-state index in [0.717, 1.165) is 4.90 Å². The number of likely N-dealkylation sites (N-methyl/N-ethyl adjacent to an activating group) is 1. The molecule has 7 nitrogen and oxygen atoms in total. The zero-order valence-corrected chi connectivity index (χ0v) is 12.5. The number of ether oxygens (including phenoxy) is 1. The summed E-state index contributed by atoms with van der Waals surface area (Å²) in [6, 6.07) is -0.363. The Balaban J connectivity index is 2.23. The number of piperidine rings is 1. The Morgan fingerprint density at radius 1 is 1.35 bits per heavy atom. The number of rotatable bonds is 4. The zero-order valence-electron chi connectivity index (χ0n) is 12.5. The molecule has 0 spiro atoms. The molecule has 0 radical (unpaired) electrons. The van der Waals surface area contributed by atoms with E-state index in [1.54, 1.807) is 20.8 Å². The summed E-state index contributed by atoms with van der Waals surface area (Å²) >= 11 is 0. The van der Waals surface area contributed by atoms with E-state index in [9.17, 15) is 14.4 Å². The van der Waals surface area contributed by atoms with Crippen LogP contribution >= 0.6 is 0 Å². The van der Waals surface area contributed by atoms with E-state index in [-0.39, 0.29) is 17.9 Å². The van der Waals surface area contributed by atoms with Gasteiger partial charge in [-0.2, -0.15) is 0 Å². The number of nitrogens with one attached hydrogen (secondary N) is 2. The summed E-state index contributed by atoms with van der Waals surface area (Å²) in [5.74, 6) is -0.376. The minimum absolute atomic E-state index is 0.153. The zero-order chi connectivity index (χ0) is 15.3. The van der Waals surface area contributed by atoms with Gasteiger partial charge in [0, 0.05) is 26.6 Å². The van der Waals surface area contributed by atoms with E-state index in [1.807, 2.05) is 0 Å². The van der Waals surface area contributed by atoms with Crippen LogP contribution in [0.1, 0.15) is 33.6 Å². The van der Waals surface area contributed by atoms with Crippen molar-refractivity contribution in [1.29, 1.82) is 0 Å². The van der Waals surface area contributed by atoms with Gasteiger partial charge in [-0.25, -0.2) is 4.79 Å². The van der Waals surface area contributed by atoms with Gasteiger partial charge in [0.05, 0.1) is 6.04 Å². The lowest BCUT2D eigenvalue weighted by Gasteiger charge is -2.28. The highest BCUT2D eigenvalue weighted by molar-refractivity contribution is 6.00. The Morgan fingerprint density at radius 2 is 2.00 bits per heavy atom. The summed E-state index contributed by atoms with van der Waals surface area (Å²) in [4.78, 5) is 35.6. The molecule has 1 fully saturated rings. The fourth-order valence-electron chi connectivity index (χ4n) is 1.83. The van der Waals surface area contributed by atoms with E-state index in [2.05, 4.69) is 10.6 Å². The van der Waals surface area contributed by atoms with Crippen LogP contribution < -0.4 is 10.6 Å². The largest absolute Gasteiger partial charge is 0.444 e. The van der Waals surface area contributed by atoms with Crippen LogP contribution in [0.4, 0.5) is 4.79 Å². The van der Waals surface area contributed by atoms with Gasteiger partial charge < -0.3 is 15.4 Å². The average molecular weight is 285 g/mol. The second-order valence-corrected chi connectivity index (χ2v) is 5.77. The molecule has 0 aromatic rings. The third kappa shape index (κ3) is 5.16. The SMILES string of the molecule is CN1C(=O)CCC(NCCNC(=O)OC(C)(C)C)C1=O. The number of likely N-dealkylation sites (tertiary alicyclic amines) is 1. The van der Waals surface area contributed by atoms with Crippen LogP contribution in [0, 0.1) is 0 Å². The average Bonchev–Trinajstić information content (AvgIpc) is 2.32. The highest BCUT2D eigenvalue weighted by atomic mass is 16.6. The number of hydrogen-bond donors (Lipinski definition) is 2. The number of hydrogen-bond acceptors (Lipinski definition) is 5. The molecular formula is C13H23N3O4. The molecule has 1 aliphatic rings. The van der Waals surface area contributed by atoms with Crippen molar-refractivity contribution in [2.45, 2.75) is 45.3 Å². The number of alkyl carbamates (subject to hydrolysis) is 1. The van der Waals surface area contributed by atoms with Crippen LogP contribution in [0.2, 0.25) is 0 Å². The molecule has 0 saturated carbocycles. The van der Waals surface area contributed by atoms with Crippen molar-refractivity contribution in [2.75, 3.05) is 20.1 Å². The fraction of sp³-hybridized carbons (Fsp3) is 0.769. The van der Waals surface area contributed by atoms with Gasteiger partial charge in [-0.3, -0.25) is 14.5 Å². The van der Waals surface area contributed by atoms with E-state index in [0.29, 0.717) is 25.9 Å². The summed E-state index contributed by atoms with van der Waals surface area (Å²) < 4.78 is 5.08. The standard InChI is InChI=1S/C13H23N3O4/c1-13(2,3)20-12(19)15-8-7-14-9-5-6-10(17)16(4)11(9)18/h9,14H,5-8H2,1-4H3,(H,15,19). The first-order valence-electron chi connectivity index (χ1n) is 6.71. The molecule has 1 aliphatic heterocycles. The molecule has 0 aliphatic carbocycles. The van der Waals surface area contributed by atoms with Crippen molar-refractivity contribution in [3.8, 4) is 0 Å². The third-order valence-electron chi connectivity index (χ3n) is 2.83. The molecule has 0 aromatic heterocycles. The molecule has 0 aromatic carbocycles. The van der Waals surface area contributed by atoms with Crippen LogP contribution in [-0.4, -0.2) is 54.6 Å². The highest BCUT2D eigenvalue weighted by Gasteiger charge is 2.31. The molecule has 1 heterocycles. The maximum Gasteiger partial charge on any atom is 0.407 e. The van der Waals surface area contributed by atoms with Gasteiger partial charge in [0.15, 0.2) is 0 Å². The summed E-state index contributed by atoms with van der Waals surface area (Å²) in [6.45, 7) is 6.17. The minimum atomic E-state index is -0.528. The van der Waals surface area contributed by atoms with Crippen molar-refractivity contribution in [1.82, 2.24) is 15.5 Å². The maximum absolute atomic E-state index is 11.8. The van der Waals surface area contributed by atoms with Gasteiger partial charge in [0.25, 0.3) is 0 Å². The maximum atomic E-state index is 11.8. The number of imide groups is 1. The van der Waals surface area contributed by atoms with Crippen molar-refractivity contribution in [2.24, 2.45) is 0 Å². The first-order valence-corrected chi connectivity index (χ1v) is 6.71. The van der Waals surface area contributed by atoms with Crippen molar-refractivity contribution in [3.05, 3.63) is 0 Å². The highest BCUT2D eigenvalue weighted by Crippen LogP contribution is 2.11. The van der Waals surface area contributed by atoms with E-state index in [4.69, 9.17) is 4.74 Å². The van der Waals surface area contributed by atoms with Gasteiger partial charge >= 0.3 is 6.09 Å². The molecular weight excluding hydrogens is 262 g/mol. The normalized spacial score (nSPS) is 20.0. The Morgan fingerprint density at radius 3 is 2.60 bits per heavy atom. The second kappa shape index (κ2) is 6.69. The molecule has 0 bridgehead atoms. The van der Waals surface area contributed by atoms with Crippen LogP contribution in [0.5, 0.6) is 0 Å². The van der Waals surface area contributed by atoms with Crippen LogP contribution in [0.3, 0.4) is 0 Å². The lowest BCUT2D eigenvalue weighted by molar-refractivity contribution is -0.148. The Labute approximate surface area is 119 Å². The summed E-state index contributed by atoms with van der Waals surface area (Å²) in [5, 5.41) is 5.62. The Bertz CT molecular complexity index is 390. The summed E-state index contributed by atoms with van der Waals surface area (Å²) in [6.07, 6.45) is 0.370. The molecule has 114 valence electrons. The van der Waals surface area contributed by atoms with E-state index in [1.165, 1.54) is 7.05 Å². The minimum Gasteiger partial charge on any atom is -0.444 e. The number of amides is 3. The molecule has 20 heavy (non-hydrogen) atoms. The van der Waals surface area contributed by atoms with E-state index < -0.39 is 11.7 Å². The topological polar surface area (TPSA) is 87.7 Å². The fourth-order valence-corrected chi connectivity index (χ4v) is 1.83. The molecule has 3 amide bonds. The second-order valence-electron chi connectivity index (χ2n) is 5.77. The molecule has 1 unspecified atom stereocenters. The van der Waals surface area contributed by atoms with Crippen molar-refractivity contribution < 1.29 is 19.1 Å². The first-order chi connectivity index (χ1) is 9.20. The number of carbonyl (C=O) groups excluding carboxylic acids is 3. The number of nitrogens with zero attached hydrogens (tertiary/aromatic N) is 1. The van der Waals surface area contributed by atoms with Gasteiger partial charge in [0.2, 0.25) is 11.8 Å². The first kappa shape index (κ1) is 16.4. The molecule has 2 N–H and O–H groups in total. The molecule has 1 atom stereocenters. The molecule has 7 heteroatoms. The lowest BCUT2D eigenvalue weighted by atomic mass is 10.0. The quantitative estimate of drug-likeness (QED) is 0.571. The van der Waals surface area contributed by atoms with Gasteiger partial charge in [-0.15, -0.1) is 0 Å². The van der Waals surface area contributed by atoms with Gasteiger partial charge in [0.1, 0.15) is 5.60 Å². The summed E-state index contributed by atoms with van der Waals surface area (Å²) in [7, 11) is 1.48.